The van der Waals surface area contributed by atoms with Crippen molar-refractivity contribution in [2.24, 2.45) is 0 Å². The first-order chi connectivity index (χ1) is 7.38. The molecular formula is C13H15NO. The summed E-state index contributed by atoms with van der Waals surface area (Å²) in [6.07, 6.45) is 9.27. The van der Waals surface area contributed by atoms with E-state index in [9.17, 15) is 4.79 Å². The fraction of sp³-hybridized carbons (Fsp3) is 0.385. The second-order valence-corrected chi connectivity index (χ2v) is 3.87. The Bertz CT molecular complexity index is 367. The molecule has 0 saturated carbocycles. The molecule has 0 aliphatic heterocycles. The van der Waals surface area contributed by atoms with Crippen LogP contribution in [0.5, 0.6) is 0 Å². The highest BCUT2D eigenvalue weighted by molar-refractivity contribution is 6.07. The van der Waals surface area contributed by atoms with Gasteiger partial charge in [0, 0.05) is 6.20 Å². The van der Waals surface area contributed by atoms with E-state index >= 15 is 0 Å². The SMILES string of the molecule is O=C(C1=CCCCCC1)c1ccccn1. The van der Waals surface area contributed by atoms with Crippen molar-refractivity contribution in [2.45, 2.75) is 32.1 Å². The summed E-state index contributed by atoms with van der Waals surface area (Å²) >= 11 is 0. The second kappa shape index (κ2) is 4.87. The zero-order valence-electron chi connectivity index (χ0n) is 8.78. The van der Waals surface area contributed by atoms with Gasteiger partial charge in [0.15, 0.2) is 0 Å². The van der Waals surface area contributed by atoms with E-state index in [0.717, 1.165) is 24.8 Å². The molecule has 0 saturated heterocycles. The van der Waals surface area contributed by atoms with Gasteiger partial charge in [0.1, 0.15) is 5.69 Å². The lowest BCUT2D eigenvalue weighted by Gasteiger charge is -2.02. The van der Waals surface area contributed by atoms with Crippen LogP contribution in [-0.4, -0.2) is 10.8 Å². The quantitative estimate of drug-likeness (QED) is 0.688. The Balaban J connectivity index is 2.17. The molecule has 2 nitrogen and oxygen atoms in total. The van der Waals surface area contributed by atoms with Crippen LogP contribution in [-0.2, 0) is 0 Å². The first-order valence-corrected chi connectivity index (χ1v) is 5.53. The number of allylic oxidation sites excluding steroid dienone is 2. The average Bonchev–Trinajstić information content (AvgIpc) is 2.58. The maximum Gasteiger partial charge on any atom is 0.206 e. The number of hydrogen-bond donors (Lipinski definition) is 0. The van der Waals surface area contributed by atoms with Crippen LogP contribution in [0.4, 0.5) is 0 Å². The molecule has 0 aromatic carbocycles. The van der Waals surface area contributed by atoms with Gasteiger partial charge in [-0.25, -0.2) is 0 Å². The average molecular weight is 201 g/mol. The number of rotatable bonds is 2. The van der Waals surface area contributed by atoms with E-state index < -0.39 is 0 Å². The molecule has 2 heteroatoms. The fourth-order valence-electron chi connectivity index (χ4n) is 1.88. The van der Waals surface area contributed by atoms with Gasteiger partial charge in [-0.1, -0.05) is 18.6 Å². The van der Waals surface area contributed by atoms with Gasteiger partial charge in [-0.15, -0.1) is 0 Å². The Kier molecular flexibility index (Phi) is 3.28. The molecule has 0 fully saturated rings. The molecule has 2 rings (SSSR count). The molecule has 1 heterocycles. The monoisotopic (exact) mass is 201 g/mol. The van der Waals surface area contributed by atoms with Crippen LogP contribution in [0, 0.1) is 0 Å². The van der Waals surface area contributed by atoms with E-state index in [1.807, 2.05) is 12.1 Å². The lowest BCUT2D eigenvalue weighted by molar-refractivity contribution is 0.102. The summed E-state index contributed by atoms with van der Waals surface area (Å²) < 4.78 is 0. The Morgan fingerprint density at radius 3 is 2.93 bits per heavy atom. The predicted molar refractivity (Wildman–Crippen MR) is 59.7 cm³/mol. The molecule has 1 aromatic rings. The third-order valence-electron chi connectivity index (χ3n) is 2.73. The Morgan fingerprint density at radius 1 is 1.20 bits per heavy atom. The standard InChI is InChI=1S/C13H15NO/c15-13(12-9-5-6-10-14-12)11-7-3-1-2-4-8-11/h5-7,9-10H,1-4,8H2. The van der Waals surface area contributed by atoms with Crippen molar-refractivity contribution in [2.75, 3.05) is 0 Å². The number of nitrogens with zero attached hydrogens (tertiary/aromatic N) is 1. The molecule has 78 valence electrons. The molecule has 0 bridgehead atoms. The fourth-order valence-corrected chi connectivity index (χ4v) is 1.88. The summed E-state index contributed by atoms with van der Waals surface area (Å²) in [4.78, 5) is 16.1. The van der Waals surface area contributed by atoms with Crippen molar-refractivity contribution in [3.05, 3.63) is 41.7 Å². The number of aromatic nitrogens is 1. The summed E-state index contributed by atoms with van der Waals surface area (Å²) in [5.41, 5.74) is 1.52. The van der Waals surface area contributed by atoms with Crippen LogP contribution in [0.3, 0.4) is 0 Å². The topological polar surface area (TPSA) is 30.0 Å². The summed E-state index contributed by atoms with van der Waals surface area (Å²) in [6.45, 7) is 0. The number of carbonyl (C=O) groups excluding carboxylic acids is 1. The maximum absolute atomic E-state index is 12.0. The first-order valence-electron chi connectivity index (χ1n) is 5.53. The van der Waals surface area contributed by atoms with Crippen LogP contribution in [0.1, 0.15) is 42.6 Å². The van der Waals surface area contributed by atoms with Gasteiger partial charge >= 0.3 is 0 Å². The zero-order chi connectivity index (χ0) is 10.5. The summed E-state index contributed by atoms with van der Waals surface area (Å²) in [6, 6.07) is 5.48. The largest absolute Gasteiger partial charge is 0.287 e. The number of pyridine rings is 1. The molecule has 1 aliphatic carbocycles. The highest BCUT2D eigenvalue weighted by Gasteiger charge is 2.13. The molecule has 15 heavy (non-hydrogen) atoms. The Hall–Kier alpha value is -1.44. The van der Waals surface area contributed by atoms with E-state index in [1.165, 1.54) is 12.8 Å². The Morgan fingerprint density at radius 2 is 2.13 bits per heavy atom. The van der Waals surface area contributed by atoms with Crippen molar-refractivity contribution >= 4 is 5.78 Å². The lowest BCUT2D eigenvalue weighted by Crippen LogP contribution is -2.05. The zero-order valence-corrected chi connectivity index (χ0v) is 8.78. The molecule has 0 atom stereocenters. The van der Waals surface area contributed by atoms with Crippen molar-refractivity contribution in [3.63, 3.8) is 0 Å². The summed E-state index contributed by atoms with van der Waals surface area (Å²) in [7, 11) is 0. The highest BCUT2D eigenvalue weighted by Crippen LogP contribution is 2.19. The Labute approximate surface area is 90.0 Å². The lowest BCUT2D eigenvalue weighted by atomic mass is 10.0. The third kappa shape index (κ3) is 2.52. The second-order valence-electron chi connectivity index (χ2n) is 3.87. The van der Waals surface area contributed by atoms with E-state index in [2.05, 4.69) is 11.1 Å². The smallest absolute Gasteiger partial charge is 0.206 e. The number of ketones is 1. The van der Waals surface area contributed by atoms with Gasteiger partial charge in [-0.2, -0.15) is 0 Å². The molecule has 1 aromatic heterocycles. The van der Waals surface area contributed by atoms with Gasteiger partial charge in [-0.3, -0.25) is 9.78 Å². The van der Waals surface area contributed by atoms with Gasteiger partial charge in [0.05, 0.1) is 0 Å². The molecule has 0 unspecified atom stereocenters. The summed E-state index contributed by atoms with van der Waals surface area (Å²) in [5.74, 6) is 0.109. The van der Waals surface area contributed by atoms with Crippen LogP contribution in [0.25, 0.3) is 0 Å². The molecule has 1 aliphatic rings. The van der Waals surface area contributed by atoms with E-state index in [-0.39, 0.29) is 5.78 Å². The molecule has 0 spiro atoms. The maximum atomic E-state index is 12.0. The number of hydrogen-bond acceptors (Lipinski definition) is 2. The van der Waals surface area contributed by atoms with Gasteiger partial charge < -0.3 is 0 Å². The minimum absolute atomic E-state index is 0.109. The van der Waals surface area contributed by atoms with Gasteiger partial charge in [0.25, 0.3) is 0 Å². The predicted octanol–water partition coefficient (Wildman–Crippen LogP) is 3.15. The highest BCUT2D eigenvalue weighted by atomic mass is 16.1. The van der Waals surface area contributed by atoms with Crippen molar-refractivity contribution < 1.29 is 4.79 Å². The van der Waals surface area contributed by atoms with Crippen LogP contribution in [0.15, 0.2) is 36.0 Å². The minimum Gasteiger partial charge on any atom is -0.287 e. The van der Waals surface area contributed by atoms with Gasteiger partial charge in [0.2, 0.25) is 5.78 Å². The van der Waals surface area contributed by atoms with E-state index in [1.54, 1.807) is 12.3 Å². The molecular weight excluding hydrogens is 186 g/mol. The van der Waals surface area contributed by atoms with Crippen molar-refractivity contribution in [1.29, 1.82) is 0 Å². The van der Waals surface area contributed by atoms with E-state index in [4.69, 9.17) is 0 Å². The normalized spacial score (nSPS) is 16.7. The van der Waals surface area contributed by atoms with Crippen LogP contribution < -0.4 is 0 Å². The van der Waals surface area contributed by atoms with Crippen LogP contribution in [0.2, 0.25) is 0 Å². The third-order valence-corrected chi connectivity index (χ3v) is 2.73. The van der Waals surface area contributed by atoms with E-state index in [0.29, 0.717) is 5.69 Å². The number of Topliss-reactive ketones (excluding diaryl/α,β-unsaturated/α-hetero) is 1. The minimum atomic E-state index is 0.109. The first kappa shape index (κ1) is 10.1. The summed E-state index contributed by atoms with van der Waals surface area (Å²) in [5, 5.41) is 0. The molecule has 0 radical (unpaired) electrons. The van der Waals surface area contributed by atoms with Crippen molar-refractivity contribution in [3.8, 4) is 0 Å². The van der Waals surface area contributed by atoms with Crippen molar-refractivity contribution in [1.82, 2.24) is 4.98 Å². The van der Waals surface area contributed by atoms with Crippen LogP contribution >= 0.6 is 0 Å². The molecule has 0 N–H and O–H groups in total. The van der Waals surface area contributed by atoms with Gasteiger partial charge in [-0.05, 0) is 43.4 Å². The molecule has 0 amide bonds. The number of carbonyl (C=O) groups is 1.